The highest BCUT2D eigenvalue weighted by molar-refractivity contribution is 5.66. The average Bonchev–Trinajstić information content (AvgIpc) is 2.17. The van der Waals surface area contributed by atoms with Crippen LogP contribution in [0.3, 0.4) is 0 Å². The Morgan fingerprint density at radius 3 is 2.27 bits per heavy atom. The summed E-state index contributed by atoms with van der Waals surface area (Å²) in [7, 11) is 0. The second-order valence-corrected chi connectivity index (χ2v) is 3.65. The van der Waals surface area contributed by atoms with Crippen LogP contribution in [0.4, 0.5) is 4.39 Å². The van der Waals surface area contributed by atoms with Gasteiger partial charge < -0.3 is 4.74 Å². The van der Waals surface area contributed by atoms with Crippen LogP contribution in [-0.2, 0) is 9.53 Å². The summed E-state index contributed by atoms with van der Waals surface area (Å²) in [4.78, 5) is 10.8. The Hall–Kier alpha value is -1.38. The van der Waals surface area contributed by atoms with Crippen LogP contribution in [0, 0.1) is 5.82 Å². The number of esters is 1. The van der Waals surface area contributed by atoms with E-state index in [0.717, 1.165) is 5.56 Å². The summed E-state index contributed by atoms with van der Waals surface area (Å²) in [6.45, 7) is 5.16. The molecular formula is C12H15FO2. The Labute approximate surface area is 89.1 Å². The number of halogens is 1. The number of carbonyl (C=O) groups is 1. The van der Waals surface area contributed by atoms with Crippen molar-refractivity contribution in [2.75, 3.05) is 0 Å². The van der Waals surface area contributed by atoms with Gasteiger partial charge in [0.2, 0.25) is 0 Å². The quantitative estimate of drug-likeness (QED) is 0.717. The van der Waals surface area contributed by atoms with Crippen LogP contribution >= 0.6 is 0 Å². The third-order valence-electron chi connectivity index (χ3n) is 2.45. The number of carbonyl (C=O) groups excluding carboxylic acids is 1. The van der Waals surface area contributed by atoms with Gasteiger partial charge in [0.05, 0.1) is 0 Å². The highest BCUT2D eigenvalue weighted by Crippen LogP contribution is 2.21. The fourth-order valence-electron chi connectivity index (χ4n) is 1.40. The van der Waals surface area contributed by atoms with Crippen LogP contribution in [0.2, 0.25) is 0 Å². The molecule has 0 N–H and O–H groups in total. The molecule has 2 unspecified atom stereocenters. The van der Waals surface area contributed by atoms with Crippen molar-refractivity contribution < 1.29 is 13.9 Å². The lowest BCUT2D eigenvalue weighted by Gasteiger charge is -2.19. The van der Waals surface area contributed by atoms with Gasteiger partial charge in [0, 0.05) is 12.8 Å². The van der Waals surface area contributed by atoms with Crippen molar-refractivity contribution in [3.05, 3.63) is 35.6 Å². The van der Waals surface area contributed by atoms with E-state index in [4.69, 9.17) is 4.74 Å². The van der Waals surface area contributed by atoms with E-state index in [-0.39, 0.29) is 23.8 Å². The van der Waals surface area contributed by atoms with E-state index in [9.17, 15) is 9.18 Å². The second kappa shape index (κ2) is 4.91. The summed E-state index contributed by atoms with van der Waals surface area (Å²) >= 11 is 0. The minimum Gasteiger partial charge on any atom is -0.462 e. The van der Waals surface area contributed by atoms with Gasteiger partial charge in [-0.25, -0.2) is 4.39 Å². The minimum absolute atomic E-state index is 0.0644. The van der Waals surface area contributed by atoms with E-state index in [0.29, 0.717) is 0 Å². The normalized spacial score (nSPS) is 14.4. The zero-order valence-electron chi connectivity index (χ0n) is 9.16. The maximum atomic E-state index is 12.7. The van der Waals surface area contributed by atoms with Gasteiger partial charge in [-0.05, 0) is 24.6 Å². The van der Waals surface area contributed by atoms with Crippen molar-refractivity contribution in [3.8, 4) is 0 Å². The Morgan fingerprint density at radius 1 is 1.27 bits per heavy atom. The first-order valence-electron chi connectivity index (χ1n) is 4.93. The molecule has 2 nitrogen and oxygen atoms in total. The average molecular weight is 210 g/mol. The van der Waals surface area contributed by atoms with E-state index >= 15 is 0 Å². The first kappa shape index (κ1) is 11.7. The summed E-state index contributed by atoms with van der Waals surface area (Å²) in [6.07, 6.45) is -0.201. The second-order valence-electron chi connectivity index (χ2n) is 3.65. The molecule has 1 rings (SSSR count). The van der Waals surface area contributed by atoms with Gasteiger partial charge in [0.1, 0.15) is 11.9 Å². The first-order chi connectivity index (χ1) is 7.00. The SMILES string of the molecule is CC(=O)OC(C)C(C)c1ccc(F)cc1. The maximum absolute atomic E-state index is 12.7. The largest absolute Gasteiger partial charge is 0.462 e. The molecule has 0 aliphatic carbocycles. The molecule has 1 aromatic rings. The van der Waals surface area contributed by atoms with E-state index in [2.05, 4.69) is 0 Å². The van der Waals surface area contributed by atoms with Crippen molar-refractivity contribution in [1.29, 1.82) is 0 Å². The standard InChI is InChI=1S/C12H15FO2/c1-8(9(2)15-10(3)14)11-4-6-12(13)7-5-11/h4-9H,1-3H3. The fourth-order valence-corrected chi connectivity index (χ4v) is 1.40. The predicted molar refractivity (Wildman–Crippen MR) is 56.0 cm³/mol. The van der Waals surface area contributed by atoms with E-state index in [1.54, 1.807) is 12.1 Å². The zero-order chi connectivity index (χ0) is 11.4. The van der Waals surface area contributed by atoms with Crippen molar-refractivity contribution in [2.24, 2.45) is 0 Å². The molecule has 1 aromatic carbocycles. The molecule has 0 heterocycles. The van der Waals surface area contributed by atoms with Gasteiger partial charge in [-0.3, -0.25) is 4.79 Å². The summed E-state index contributed by atoms with van der Waals surface area (Å²) in [6, 6.07) is 6.23. The van der Waals surface area contributed by atoms with Crippen molar-refractivity contribution in [1.82, 2.24) is 0 Å². The number of ether oxygens (including phenoxy) is 1. The van der Waals surface area contributed by atoms with Crippen LogP contribution in [-0.4, -0.2) is 12.1 Å². The molecule has 0 spiro atoms. The number of hydrogen-bond acceptors (Lipinski definition) is 2. The number of rotatable bonds is 3. The molecule has 0 amide bonds. The van der Waals surface area contributed by atoms with E-state index in [1.807, 2.05) is 13.8 Å². The molecule has 0 radical (unpaired) electrons. The molecule has 0 aliphatic rings. The molecular weight excluding hydrogens is 195 g/mol. The minimum atomic E-state index is -0.295. The fraction of sp³-hybridized carbons (Fsp3) is 0.417. The van der Waals surface area contributed by atoms with Crippen molar-refractivity contribution in [2.45, 2.75) is 32.8 Å². The van der Waals surface area contributed by atoms with Gasteiger partial charge in [-0.15, -0.1) is 0 Å². The highest BCUT2D eigenvalue weighted by atomic mass is 19.1. The van der Waals surface area contributed by atoms with Gasteiger partial charge in [-0.2, -0.15) is 0 Å². The monoisotopic (exact) mass is 210 g/mol. The third kappa shape index (κ3) is 3.35. The van der Waals surface area contributed by atoms with Crippen LogP contribution in [0.15, 0.2) is 24.3 Å². The molecule has 0 aliphatic heterocycles. The molecule has 0 fully saturated rings. The third-order valence-corrected chi connectivity index (χ3v) is 2.45. The lowest BCUT2D eigenvalue weighted by Crippen LogP contribution is -2.19. The molecule has 0 aromatic heterocycles. The Balaban J connectivity index is 2.71. The summed E-state index contributed by atoms with van der Waals surface area (Å²) in [5.41, 5.74) is 0.963. The number of hydrogen-bond donors (Lipinski definition) is 0. The maximum Gasteiger partial charge on any atom is 0.302 e. The zero-order valence-corrected chi connectivity index (χ0v) is 9.16. The summed E-state index contributed by atoms with van der Waals surface area (Å²) in [5, 5.41) is 0. The van der Waals surface area contributed by atoms with E-state index < -0.39 is 0 Å². The van der Waals surface area contributed by atoms with Crippen molar-refractivity contribution in [3.63, 3.8) is 0 Å². The van der Waals surface area contributed by atoms with E-state index in [1.165, 1.54) is 19.1 Å². The van der Waals surface area contributed by atoms with Crippen LogP contribution in [0.5, 0.6) is 0 Å². The smallest absolute Gasteiger partial charge is 0.302 e. The first-order valence-corrected chi connectivity index (χ1v) is 4.93. The molecule has 2 atom stereocenters. The van der Waals surface area contributed by atoms with Gasteiger partial charge in [0.15, 0.2) is 0 Å². The molecule has 15 heavy (non-hydrogen) atoms. The van der Waals surface area contributed by atoms with Crippen LogP contribution in [0.25, 0.3) is 0 Å². The lowest BCUT2D eigenvalue weighted by molar-refractivity contribution is -0.146. The Bertz CT molecular complexity index is 332. The predicted octanol–water partition coefficient (Wildman–Crippen LogP) is 2.88. The molecule has 0 bridgehead atoms. The molecule has 0 saturated carbocycles. The van der Waals surface area contributed by atoms with Crippen LogP contribution < -0.4 is 0 Å². The topological polar surface area (TPSA) is 26.3 Å². The lowest BCUT2D eigenvalue weighted by atomic mass is 9.96. The van der Waals surface area contributed by atoms with Gasteiger partial charge in [0.25, 0.3) is 0 Å². The van der Waals surface area contributed by atoms with Gasteiger partial charge >= 0.3 is 5.97 Å². The Kier molecular flexibility index (Phi) is 3.83. The van der Waals surface area contributed by atoms with Crippen molar-refractivity contribution >= 4 is 5.97 Å². The highest BCUT2D eigenvalue weighted by Gasteiger charge is 2.16. The number of benzene rings is 1. The molecule has 0 saturated heterocycles. The Morgan fingerprint density at radius 2 is 1.80 bits per heavy atom. The van der Waals surface area contributed by atoms with Crippen LogP contribution in [0.1, 0.15) is 32.3 Å². The molecule has 3 heteroatoms. The summed E-state index contributed by atoms with van der Waals surface area (Å²) < 4.78 is 17.7. The summed E-state index contributed by atoms with van der Waals surface area (Å²) in [5.74, 6) is -0.489. The molecule has 82 valence electrons. The van der Waals surface area contributed by atoms with Gasteiger partial charge in [-0.1, -0.05) is 19.1 Å².